The van der Waals surface area contributed by atoms with Crippen LogP contribution in [-0.4, -0.2) is 52.8 Å². The summed E-state index contributed by atoms with van der Waals surface area (Å²) >= 11 is 0. The highest BCUT2D eigenvalue weighted by Crippen LogP contribution is 2.32. The van der Waals surface area contributed by atoms with E-state index in [0.717, 1.165) is 12.3 Å². The van der Waals surface area contributed by atoms with E-state index in [9.17, 15) is 18.0 Å². The minimum Gasteiger partial charge on any atom is -0.394 e. The third-order valence-corrected chi connectivity index (χ3v) is 3.17. The number of ether oxygens (including phenoxy) is 1. The third-order valence-electron chi connectivity index (χ3n) is 3.17. The number of hydrogen-bond donors (Lipinski definition) is 1. The Hall–Kier alpha value is -1.67. The van der Waals surface area contributed by atoms with Crippen molar-refractivity contribution in [3.05, 3.63) is 29.6 Å². The molecular formula is C13H15F3N2O3. The van der Waals surface area contributed by atoms with Crippen LogP contribution in [-0.2, 0) is 10.9 Å². The summed E-state index contributed by atoms with van der Waals surface area (Å²) in [5.74, 6) is -0.738. The van der Waals surface area contributed by atoms with Crippen LogP contribution in [0.2, 0.25) is 0 Å². The maximum absolute atomic E-state index is 12.9. The number of carbonyl (C=O) groups is 1. The first kappa shape index (κ1) is 15.7. The molecule has 1 fully saturated rings. The number of pyridine rings is 1. The van der Waals surface area contributed by atoms with Crippen LogP contribution >= 0.6 is 0 Å². The van der Waals surface area contributed by atoms with Crippen molar-refractivity contribution in [3.8, 4) is 0 Å². The minimum atomic E-state index is -4.65. The lowest BCUT2D eigenvalue weighted by molar-refractivity contribution is -0.138. The van der Waals surface area contributed by atoms with Crippen LogP contribution < -0.4 is 0 Å². The van der Waals surface area contributed by atoms with Crippen molar-refractivity contribution in [3.63, 3.8) is 0 Å². The van der Waals surface area contributed by atoms with Crippen molar-refractivity contribution in [1.29, 1.82) is 0 Å². The highest BCUT2D eigenvalue weighted by molar-refractivity contribution is 5.95. The highest BCUT2D eigenvalue weighted by Gasteiger charge is 2.38. The van der Waals surface area contributed by atoms with E-state index in [1.54, 1.807) is 6.92 Å². The zero-order valence-corrected chi connectivity index (χ0v) is 11.3. The molecule has 1 saturated heterocycles. The van der Waals surface area contributed by atoms with Gasteiger partial charge in [-0.1, -0.05) is 0 Å². The van der Waals surface area contributed by atoms with Gasteiger partial charge < -0.3 is 14.7 Å². The lowest BCUT2D eigenvalue weighted by Gasteiger charge is -2.36. The summed E-state index contributed by atoms with van der Waals surface area (Å²) < 4.78 is 44.1. The second-order valence-corrected chi connectivity index (χ2v) is 4.88. The molecule has 116 valence electrons. The number of halogens is 3. The van der Waals surface area contributed by atoms with Gasteiger partial charge in [0.2, 0.25) is 0 Å². The van der Waals surface area contributed by atoms with Gasteiger partial charge in [-0.2, -0.15) is 13.2 Å². The Labute approximate surface area is 119 Å². The molecule has 0 bridgehead atoms. The summed E-state index contributed by atoms with van der Waals surface area (Å²) in [7, 11) is 0. The Morgan fingerprint density at radius 1 is 1.52 bits per heavy atom. The lowest BCUT2D eigenvalue weighted by Crippen LogP contribution is -2.50. The summed E-state index contributed by atoms with van der Waals surface area (Å²) in [4.78, 5) is 17.0. The number of morpholine rings is 1. The molecule has 1 N–H and O–H groups in total. The Morgan fingerprint density at radius 2 is 2.24 bits per heavy atom. The van der Waals surface area contributed by atoms with Gasteiger partial charge >= 0.3 is 6.18 Å². The summed E-state index contributed by atoms with van der Waals surface area (Å²) in [5, 5.41) is 9.11. The van der Waals surface area contributed by atoms with Crippen LogP contribution in [0, 0.1) is 0 Å². The van der Waals surface area contributed by atoms with E-state index < -0.39 is 29.3 Å². The molecule has 5 nitrogen and oxygen atoms in total. The quantitative estimate of drug-likeness (QED) is 0.895. The Kier molecular flexibility index (Phi) is 4.48. The summed E-state index contributed by atoms with van der Waals surface area (Å²) in [6.07, 6.45) is -3.80. The molecule has 21 heavy (non-hydrogen) atoms. The maximum atomic E-state index is 12.9. The molecule has 1 aromatic rings. The van der Waals surface area contributed by atoms with Crippen LogP contribution in [0.1, 0.15) is 22.8 Å². The molecule has 0 spiro atoms. The van der Waals surface area contributed by atoms with E-state index in [4.69, 9.17) is 9.84 Å². The fourth-order valence-corrected chi connectivity index (χ4v) is 2.29. The van der Waals surface area contributed by atoms with E-state index in [1.807, 2.05) is 0 Å². The van der Waals surface area contributed by atoms with Gasteiger partial charge in [-0.3, -0.25) is 9.78 Å². The van der Waals surface area contributed by atoms with Crippen molar-refractivity contribution in [2.24, 2.45) is 0 Å². The fourth-order valence-electron chi connectivity index (χ4n) is 2.29. The summed E-state index contributed by atoms with van der Waals surface area (Å²) in [6, 6.07) is 1.05. The van der Waals surface area contributed by atoms with Crippen molar-refractivity contribution < 1.29 is 27.8 Å². The van der Waals surface area contributed by atoms with E-state index in [-0.39, 0.29) is 25.8 Å². The average Bonchev–Trinajstić information content (AvgIpc) is 2.45. The number of rotatable bonds is 2. The molecule has 1 aliphatic heterocycles. The summed E-state index contributed by atoms with van der Waals surface area (Å²) in [6.45, 7) is 1.63. The predicted molar refractivity (Wildman–Crippen MR) is 66.6 cm³/mol. The molecule has 1 amide bonds. The standard InChI is InChI=1S/C13H15F3N2O3/c1-8-5-18(6-9(7-19)21-8)12(20)10-2-3-17-4-11(10)13(14,15)16/h2-4,8-9,19H,5-7H2,1H3. The first-order chi connectivity index (χ1) is 9.82. The zero-order valence-electron chi connectivity index (χ0n) is 11.3. The molecule has 2 unspecified atom stereocenters. The molecule has 0 saturated carbocycles. The van der Waals surface area contributed by atoms with E-state index in [2.05, 4.69) is 4.98 Å². The van der Waals surface area contributed by atoms with Gasteiger partial charge in [-0.25, -0.2) is 0 Å². The van der Waals surface area contributed by atoms with Gasteiger partial charge in [0.1, 0.15) is 0 Å². The number of aliphatic hydroxyl groups excluding tert-OH is 1. The largest absolute Gasteiger partial charge is 0.418 e. The normalized spacial score (nSPS) is 23.2. The highest BCUT2D eigenvalue weighted by atomic mass is 19.4. The van der Waals surface area contributed by atoms with Gasteiger partial charge in [0.05, 0.1) is 29.9 Å². The molecule has 8 heteroatoms. The Bertz CT molecular complexity index is 522. The first-order valence-corrected chi connectivity index (χ1v) is 6.39. The first-order valence-electron chi connectivity index (χ1n) is 6.39. The average molecular weight is 304 g/mol. The molecule has 0 radical (unpaired) electrons. The zero-order chi connectivity index (χ0) is 15.6. The molecule has 0 aliphatic carbocycles. The smallest absolute Gasteiger partial charge is 0.394 e. The number of nitrogens with zero attached hydrogens (tertiary/aromatic N) is 2. The van der Waals surface area contributed by atoms with Crippen LogP contribution in [0.25, 0.3) is 0 Å². The van der Waals surface area contributed by atoms with Crippen LogP contribution in [0.3, 0.4) is 0 Å². The lowest BCUT2D eigenvalue weighted by atomic mass is 10.1. The van der Waals surface area contributed by atoms with Crippen molar-refractivity contribution in [2.75, 3.05) is 19.7 Å². The monoisotopic (exact) mass is 304 g/mol. The number of aromatic nitrogens is 1. The minimum absolute atomic E-state index is 0.0549. The van der Waals surface area contributed by atoms with E-state index >= 15 is 0 Å². The number of carbonyl (C=O) groups excluding carboxylic acids is 1. The van der Waals surface area contributed by atoms with Crippen LogP contribution in [0.4, 0.5) is 13.2 Å². The second-order valence-electron chi connectivity index (χ2n) is 4.88. The van der Waals surface area contributed by atoms with Crippen molar-refractivity contribution >= 4 is 5.91 Å². The van der Waals surface area contributed by atoms with Gasteiger partial charge in [-0.15, -0.1) is 0 Å². The Balaban J connectivity index is 2.28. The molecule has 2 atom stereocenters. The topological polar surface area (TPSA) is 62.7 Å². The van der Waals surface area contributed by atoms with Gasteiger partial charge in [0, 0.05) is 25.5 Å². The molecule has 1 aliphatic rings. The number of alkyl halides is 3. The van der Waals surface area contributed by atoms with Gasteiger partial charge in [0.25, 0.3) is 5.91 Å². The number of hydrogen-bond acceptors (Lipinski definition) is 4. The third kappa shape index (κ3) is 3.51. The molecule has 2 rings (SSSR count). The molecule has 2 heterocycles. The fraction of sp³-hybridized carbons (Fsp3) is 0.538. The molecule has 0 aromatic carbocycles. The van der Waals surface area contributed by atoms with Crippen molar-refractivity contribution in [2.45, 2.75) is 25.3 Å². The van der Waals surface area contributed by atoms with Crippen LogP contribution in [0.15, 0.2) is 18.5 Å². The second kappa shape index (κ2) is 5.98. The molecular weight excluding hydrogens is 289 g/mol. The number of aliphatic hydroxyl groups is 1. The molecule has 1 aromatic heterocycles. The summed E-state index contributed by atoms with van der Waals surface area (Å²) in [5.41, 5.74) is -1.50. The van der Waals surface area contributed by atoms with E-state index in [0.29, 0.717) is 6.20 Å². The maximum Gasteiger partial charge on any atom is 0.418 e. The SMILES string of the molecule is CC1CN(C(=O)c2ccncc2C(F)(F)F)CC(CO)O1. The predicted octanol–water partition coefficient (Wildman–Crippen LogP) is 1.32. The number of amides is 1. The van der Waals surface area contributed by atoms with Crippen molar-refractivity contribution in [1.82, 2.24) is 9.88 Å². The van der Waals surface area contributed by atoms with Gasteiger partial charge in [0.15, 0.2) is 0 Å². The Morgan fingerprint density at radius 3 is 2.86 bits per heavy atom. The van der Waals surface area contributed by atoms with Crippen LogP contribution in [0.5, 0.6) is 0 Å². The van der Waals surface area contributed by atoms with E-state index in [1.165, 1.54) is 4.90 Å². The van der Waals surface area contributed by atoms with Gasteiger partial charge in [-0.05, 0) is 13.0 Å².